The quantitative estimate of drug-likeness (QED) is 0.212. The Bertz CT molecular complexity index is 48.5. The molecule has 240 valence electrons. The fourth-order valence-electron chi connectivity index (χ4n) is 0. The van der Waals surface area contributed by atoms with Gasteiger partial charge in [0.1, 0.15) is 0 Å². The van der Waals surface area contributed by atoms with Gasteiger partial charge >= 0.3 is 390 Å². The third kappa shape index (κ3) is 1580. The van der Waals surface area contributed by atoms with Gasteiger partial charge in [-0.1, -0.05) is 0 Å². The summed E-state index contributed by atoms with van der Waals surface area (Å²) in [6.45, 7) is 0. The molecule has 0 rings (SSSR count). The van der Waals surface area contributed by atoms with E-state index in [4.69, 9.17) is 0 Å². The summed E-state index contributed by atoms with van der Waals surface area (Å²) < 4.78 is 0. The van der Waals surface area contributed by atoms with E-state index in [-0.39, 0.29) is 554 Å². The molecule has 0 heterocycles. The van der Waals surface area contributed by atoms with Gasteiger partial charge in [-0.25, -0.2) is 0 Å². The van der Waals surface area contributed by atoms with Crippen molar-refractivity contribution in [2.45, 2.75) is 0 Å². The first-order valence-electron chi connectivity index (χ1n) is 0. The van der Waals surface area contributed by atoms with Gasteiger partial charge in [0.25, 0.3) is 0 Å². The zero-order chi connectivity index (χ0) is 0. The molecule has 0 bridgehead atoms. The van der Waals surface area contributed by atoms with Gasteiger partial charge < -0.3 is 164 Å². The Balaban J connectivity index is 0. The van der Waals surface area contributed by atoms with Crippen molar-refractivity contribution in [1.29, 1.82) is 0 Å². The van der Waals surface area contributed by atoms with Crippen molar-refractivity contribution in [3.8, 4) is 0 Å². The third-order valence-corrected chi connectivity index (χ3v) is 0. The summed E-state index contributed by atoms with van der Waals surface area (Å²) in [5, 5.41) is 0. The van der Waals surface area contributed by atoms with Crippen LogP contribution in [0.1, 0.15) is 0 Å². The molecule has 0 saturated carbocycles. The van der Waals surface area contributed by atoms with Gasteiger partial charge in [0.2, 0.25) is 0 Å². The van der Waals surface area contributed by atoms with Crippen molar-refractivity contribution in [3.63, 3.8) is 0 Å². The maximum Gasteiger partial charge on any atom is 2.00 e. The van der Waals surface area contributed by atoms with Gasteiger partial charge in [0, 0.05) is 0 Å². The Kier molecular flexibility index (Phi) is 58500. The average Bonchev–Trinajstić information content (AvgIpc) is 0. The monoisotopic (exact) mass is 1760 g/mol. The van der Waals surface area contributed by atoms with Crippen LogP contribution in [0.25, 0.3) is 0 Å². The van der Waals surface area contributed by atoms with E-state index in [1.165, 1.54) is 0 Å². The summed E-state index contributed by atoms with van der Waals surface area (Å²) in [5.41, 5.74) is 0. The molecule has 0 aliphatic rings. The summed E-state index contributed by atoms with van der Waals surface area (Å²) in [4.78, 5) is 0. The van der Waals surface area contributed by atoms with Crippen LogP contribution in [0, 0.1) is 0 Å². The van der Waals surface area contributed by atoms with Crippen molar-refractivity contribution >= 4 is 0 Å². The van der Waals surface area contributed by atoms with Crippen molar-refractivity contribution in [2.75, 3.05) is 0 Å². The first-order chi connectivity index (χ1) is 0. The van der Waals surface area contributed by atoms with Crippen LogP contribution in [-0.4, -0.2) is 0 Å². The Morgan fingerprint density at radius 1 is 0.0400 bits per heavy atom. The minimum absolute atomic E-state index is 0. The maximum absolute atomic E-state index is 0. The molecule has 0 amide bonds. The summed E-state index contributed by atoms with van der Waals surface area (Å²) in [5.74, 6) is 0. The first kappa shape index (κ1) is 1750. The zero-order valence-electron chi connectivity index (χ0n) is 26.4. The van der Waals surface area contributed by atoms with E-state index in [0.717, 1.165) is 0 Å². The zero-order valence-corrected chi connectivity index (χ0v) is 85.7. The van der Waals surface area contributed by atoms with Gasteiger partial charge in [-0.05, 0) is 0 Å². The van der Waals surface area contributed by atoms with Crippen LogP contribution in [0.3, 0.4) is 0 Å². The second-order valence-electron chi connectivity index (χ2n) is 0. The normalized spacial score (nSPS) is 0. The molecule has 0 N–H and O–H groups in total. The molecule has 50 heteroatoms. The van der Waals surface area contributed by atoms with Crippen LogP contribution in [0.4, 0.5) is 0 Å². The molecule has 30 nitrogen and oxygen atoms in total. The smallest absolute Gasteiger partial charge is 2.00 e. The van der Waals surface area contributed by atoms with Crippen LogP contribution >= 0.6 is 0 Å². The molecule has 0 aromatic rings. The van der Waals surface area contributed by atoms with Crippen LogP contribution in [0.15, 0.2) is 0 Å². The van der Waals surface area contributed by atoms with Gasteiger partial charge in [-0.2, -0.15) is 0 Å². The Morgan fingerprint density at radius 2 is 0.0400 bits per heavy atom. The number of hydrogen-bond donors (Lipinski definition) is 0. The van der Waals surface area contributed by atoms with E-state index >= 15 is 0 Å². The molecule has 0 aromatic carbocycles. The molecule has 0 aromatic heterocycles. The summed E-state index contributed by atoms with van der Waals surface area (Å²) in [6, 6.07) is 0. The van der Waals surface area contributed by atoms with E-state index in [2.05, 4.69) is 0 Å². The molecule has 50 heavy (non-hydrogen) atoms. The maximum atomic E-state index is 0. The van der Waals surface area contributed by atoms with Crippen molar-refractivity contribution in [2.24, 2.45) is 0 Å². The van der Waals surface area contributed by atoms with E-state index in [1.54, 1.807) is 0 Å². The number of hydrogen-bond acceptors (Lipinski definition) is 0. The van der Waals surface area contributed by atoms with Gasteiger partial charge in [0.15, 0.2) is 0 Å². The predicted molar refractivity (Wildman–Crippen MR) is 20.6 cm³/mol. The molecule has 0 saturated heterocycles. The molecule has 0 fully saturated rings. The third-order valence-electron chi connectivity index (χ3n) is 0. The van der Waals surface area contributed by atoms with Gasteiger partial charge in [0.05, 0.1) is 0 Å². The Morgan fingerprint density at radius 3 is 0.0400 bits per heavy atom. The molecule has 0 spiro atoms. The van der Waals surface area contributed by atoms with Crippen LogP contribution in [0.5, 0.6) is 0 Å². The fraction of sp³-hybridized carbons (Fsp3) is 0. The van der Waals surface area contributed by atoms with E-state index < -0.39 is 0 Å². The van der Waals surface area contributed by atoms with E-state index in [9.17, 15) is 0 Å². The predicted octanol–water partition coefficient (Wildman–Crippen LogP) is -3.61. The topological polar surface area (TPSA) is 855 Å². The summed E-state index contributed by atoms with van der Waals surface area (Å²) in [6.07, 6.45) is 0. The largest absolute Gasteiger partial charge is 2.00 e. The minimum atomic E-state index is 0. The molecular formula is O30Zn20-20. The van der Waals surface area contributed by atoms with Crippen molar-refractivity contribution in [1.82, 2.24) is 0 Å². The Hall–Kier alpha value is 11.3. The Labute approximate surface area is 543 Å². The van der Waals surface area contributed by atoms with E-state index in [0.29, 0.717) is 0 Å². The van der Waals surface area contributed by atoms with Crippen molar-refractivity contribution in [3.05, 3.63) is 0 Å². The summed E-state index contributed by atoms with van der Waals surface area (Å²) >= 11 is 0. The van der Waals surface area contributed by atoms with Crippen LogP contribution in [0.2, 0.25) is 0 Å². The molecule has 0 aliphatic carbocycles. The SMILES string of the molecule is [O-2].[O-2].[O-2].[O-2].[O-2].[O-2].[O-2].[O-2].[O-2].[O-2].[O-2].[O-2].[O-2].[O-2].[O-2].[O-2].[O-2].[O-2].[O-2].[O-2].[O-2].[O-2].[O-2].[O-2].[O-2].[O-2].[O-2].[O-2].[O-2].[O-2].[Zn+2].[Zn+2].[Zn+2].[Zn+2].[Zn+2].[Zn+2].[Zn+2].[Zn+2].[Zn+2].[Zn+2].[Zn+2].[Zn+2].[Zn+2].[Zn+2].[Zn+2].[Zn+2].[Zn+2].[Zn+2].[Zn+2].[Zn+2]. The molecule has 0 atom stereocenters. The second-order valence-corrected chi connectivity index (χ2v) is 0. The molecule has 0 aliphatic heterocycles. The average molecular weight is 1790 g/mol. The van der Waals surface area contributed by atoms with Crippen LogP contribution in [-0.2, 0) is 554 Å². The second kappa shape index (κ2) is 1670. The molecule has 0 radical (unpaired) electrons. The van der Waals surface area contributed by atoms with Gasteiger partial charge in [-0.3, -0.25) is 0 Å². The standard InChI is InChI=1S/30O.20Zn/q30*-2;20*+2. The van der Waals surface area contributed by atoms with Crippen LogP contribution < -0.4 is 0 Å². The van der Waals surface area contributed by atoms with Crippen molar-refractivity contribution < 1.29 is 554 Å². The fourth-order valence-corrected chi connectivity index (χ4v) is 0. The molecular weight excluding hydrogens is 1790 g/mol. The minimum Gasteiger partial charge on any atom is -2.00 e. The summed E-state index contributed by atoms with van der Waals surface area (Å²) in [7, 11) is 0. The number of rotatable bonds is 0. The molecule has 0 unspecified atom stereocenters. The first-order valence-corrected chi connectivity index (χ1v) is 0. The van der Waals surface area contributed by atoms with E-state index in [1.807, 2.05) is 0 Å². The van der Waals surface area contributed by atoms with Gasteiger partial charge in [-0.15, -0.1) is 0 Å².